The summed E-state index contributed by atoms with van der Waals surface area (Å²) in [4.78, 5) is 0. The van der Waals surface area contributed by atoms with Gasteiger partial charge >= 0.3 is 0 Å². The highest BCUT2D eigenvalue weighted by molar-refractivity contribution is 5.33. The first-order chi connectivity index (χ1) is 15.2. The number of rotatable bonds is 12. The van der Waals surface area contributed by atoms with Crippen LogP contribution in [0.15, 0.2) is 18.2 Å². The fraction of sp³-hybridized carbons (Fsp3) is 0.793. The zero-order chi connectivity index (χ0) is 21.9. The molecule has 2 heteroatoms. The Morgan fingerprint density at radius 2 is 1.26 bits per heavy atom. The van der Waals surface area contributed by atoms with Crippen LogP contribution in [0.1, 0.15) is 107 Å². The monoisotopic (exact) mass is 428 g/mol. The largest absolute Gasteiger partial charge is 0.384 e. The van der Waals surface area contributed by atoms with E-state index in [4.69, 9.17) is 9.47 Å². The molecule has 1 aromatic carbocycles. The van der Waals surface area contributed by atoms with Crippen LogP contribution in [0.5, 0.6) is 0 Å². The van der Waals surface area contributed by atoms with Crippen molar-refractivity contribution in [3.8, 4) is 0 Å². The van der Waals surface area contributed by atoms with Crippen LogP contribution in [0.4, 0.5) is 0 Å². The van der Waals surface area contributed by atoms with E-state index in [1.807, 2.05) is 0 Å². The van der Waals surface area contributed by atoms with E-state index in [2.05, 4.69) is 25.1 Å². The highest BCUT2D eigenvalue weighted by Gasteiger charge is 2.31. The maximum atomic E-state index is 5.34. The molecule has 0 amide bonds. The van der Waals surface area contributed by atoms with Crippen molar-refractivity contribution < 1.29 is 9.47 Å². The minimum Gasteiger partial charge on any atom is -0.384 e. The topological polar surface area (TPSA) is 18.5 Å². The van der Waals surface area contributed by atoms with Gasteiger partial charge in [-0.1, -0.05) is 63.6 Å². The zero-order valence-corrected chi connectivity index (χ0v) is 20.7. The summed E-state index contributed by atoms with van der Waals surface area (Å²) in [7, 11) is 3.60. The lowest BCUT2D eigenvalue weighted by Crippen LogP contribution is -2.25. The van der Waals surface area contributed by atoms with Crippen molar-refractivity contribution in [2.24, 2.45) is 17.8 Å². The molecule has 1 aromatic rings. The van der Waals surface area contributed by atoms with E-state index in [9.17, 15) is 0 Å². The highest BCUT2D eigenvalue weighted by atomic mass is 16.5. The summed E-state index contributed by atoms with van der Waals surface area (Å²) in [6.45, 7) is 3.94. The lowest BCUT2D eigenvalue weighted by Gasteiger charge is -2.38. The average Bonchev–Trinajstić information content (AvgIpc) is 2.82. The number of methoxy groups -OCH3 is 2. The van der Waals surface area contributed by atoms with Gasteiger partial charge in [0.2, 0.25) is 0 Å². The SMILES string of the molecule is CCCCCC1CCC(C2CCC(c3cc(CCOC)cc(CCOC)c3)CC2)CC1. The van der Waals surface area contributed by atoms with Crippen LogP contribution in [0.25, 0.3) is 0 Å². The number of hydrogen-bond donors (Lipinski definition) is 0. The summed E-state index contributed by atoms with van der Waals surface area (Å²) in [5, 5.41) is 0. The summed E-state index contributed by atoms with van der Waals surface area (Å²) < 4.78 is 10.7. The Balaban J connectivity index is 1.50. The Hall–Kier alpha value is -0.860. The lowest BCUT2D eigenvalue weighted by atomic mass is 9.68. The van der Waals surface area contributed by atoms with E-state index in [1.165, 1.54) is 88.2 Å². The molecule has 0 aliphatic heterocycles. The Kier molecular flexibility index (Phi) is 10.9. The van der Waals surface area contributed by atoms with Crippen molar-refractivity contribution in [3.63, 3.8) is 0 Å². The van der Waals surface area contributed by atoms with Crippen molar-refractivity contribution in [1.29, 1.82) is 0 Å². The summed E-state index contributed by atoms with van der Waals surface area (Å²) >= 11 is 0. The fourth-order valence-corrected chi connectivity index (χ4v) is 6.31. The third-order valence-corrected chi connectivity index (χ3v) is 8.28. The third-order valence-electron chi connectivity index (χ3n) is 8.28. The van der Waals surface area contributed by atoms with E-state index in [0.717, 1.165) is 49.7 Å². The standard InChI is InChI=1S/C29H48O2/c1-4-5-6-7-23-8-10-26(11-9-23)27-12-14-28(15-13-27)29-21-24(16-18-30-2)20-25(22-29)17-19-31-3/h20-23,26-28H,4-19H2,1-3H3. The highest BCUT2D eigenvalue weighted by Crippen LogP contribution is 2.44. The number of hydrogen-bond acceptors (Lipinski definition) is 2. The second kappa shape index (κ2) is 13.6. The van der Waals surface area contributed by atoms with Gasteiger partial charge in [0.05, 0.1) is 13.2 Å². The van der Waals surface area contributed by atoms with E-state index >= 15 is 0 Å². The van der Waals surface area contributed by atoms with Crippen LogP contribution in [0.3, 0.4) is 0 Å². The molecule has 0 atom stereocenters. The molecule has 0 spiro atoms. The normalized spacial score (nSPS) is 26.8. The van der Waals surface area contributed by atoms with Gasteiger partial charge in [-0.3, -0.25) is 0 Å². The number of benzene rings is 1. The minimum atomic E-state index is 0.755. The summed E-state index contributed by atoms with van der Waals surface area (Å²) in [6.07, 6.45) is 19.5. The van der Waals surface area contributed by atoms with Gasteiger partial charge in [0, 0.05) is 14.2 Å². The van der Waals surface area contributed by atoms with Crippen molar-refractivity contribution in [3.05, 3.63) is 34.9 Å². The Bertz CT molecular complexity index is 583. The van der Waals surface area contributed by atoms with Crippen LogP contribution < -0.4 is 0 Å². The summed E-state index contributed by atoms with van der Waals surface area (Å²) in [5.41, 5.74) is 4.46. The van der Waals surface area contributed by atoms with Crippen molar-refractivity contribution in [2.45, 2.75) is 103 Å². The smallest absolute Gasteiger partial charge is 0.0502 e. The maximum absolute atomic E-state index is 5.34. The second-order valence-corrected chi connectivity index (χ2v) is 10.5. The lowest BCUT2D eigenvalue weighted by molar-refractivity contribution is 0.155. The molecule has 31 heavy (non-hydrogen) atoms. The van der Waals surface area contributed by atoms with Gasteiger partial charge in [-0.05, 0) is 91.7 Å². The molecule has 2 aliphatic rings. The quantitative estimate of drug-likeness (QED) is 0.317. The fourth-order valence-electron chi connectivity index (χ4n) is 6.31. The first kappa shape index (κ1) is 24.8. The van der Waals surface area contributed by atoms with E-state index in [-0.39, 0.29) is 0 Å². The number of ether oxygens (including phenoxy) is 2. The molecule has 0 heterocycles. The molecule has 176 valence electrons. The molecule has 0 radical (unpaired) electrons. The average molecular weight is 429 g/mol. The van der Waals surface area contributed by atoms with Gasteiger partial charge in [-0.25, -0.2) is 0 Å². The van der Waals surface area contributed by atoms with E-state index in [0.29, 0.717) is 0 Å². The van der Waals surface area contributed by atoms with Gasteiger partial charge in [0.1, 0.15) is 0 Å². The van der Waals surface area contributed by atoms with E-state index in [1.54, 1.807) is 19.8 Å². The van der Waals surface area contributed by atoms with Crippen LogP contribution in [-0.2, 0) is 22.3 Å². The second-order valence-electron chi connectivity index (χ2n) is 10.5. The maximum Gasteiger partial charge on any atom is 0.0502 e. The van der Waals surface area contributed by atoms with Gasteiger partial charge in [0.15, 0.2) is 0 Å². The summed E-state index contributed by atoms with van der Waals surface area (Å²) in [5.74, 6) is 3.82. The molecule has 0 N–H and O–H groups in total. The molecule has 2 fully saturated rings. The Morgan fingerprint density at radius 1 is 0.710 bits per heavy atom. The molecular weight excluding hydrogens is 380 g/mol. The molecule has 2 aliphatic carbocycles. The predicted octanol–water partition coefficient (Wildman–Crippen LogP) is 7.72. The van der Waals surface area contributed by atoms with Crippen LogP contribution in [0, 0.1) is 17.8 Å². The van der Waals surface area contributed by atoms with Gasteiger partial charge in [-0.15, -0.1) is 0 Å². The van der Waals surface area contributed by atoms with Crippen LogP contribution in [-0.4, -0.2) is 27.4 Å². The third kappa shape index (κ3) is 7.90. The Labute approximate surface area is 192 Å². The molecule has 0 aromatic heterocycles. The number of unbranched alkanes of at least 4 members (excludes halogenated alkanes) is 2. The molecular formula is C29H48O2. The Morgan fingerprint density at radius 3 is 1.77 bits per heavy atom. The van der Waals surface area contributed by atoms with E-state index < -0.39 is 0 Å². The molecule has 0 bridgehead atoms. The van der Waals surface area contributed by atoms with Crippen LogP contribution in [0.2, 0.25) is 0 Å². The molecule has 0 unspecified atom stereocenters. The molecule has 3 rings (SSSR count). The predicted molar refractivity (Wildman–Crippen MR) is 132 cm³/mol. The van der Waals surface area contributed by atoms with Crippen LogP contribution >= 0.6 is 0 Å². The van der Waals surface area contributed by atoms with Crippen molar-refractivity contribution in [1.82, 2.24) is 0 Å². The van der Waals surface area contributed by atoms with Crippen molar-refractivity contribution in [2.75, 3.05) is 27.4 Å². The van der Waals surface area contributed by atoms with Gasteiger partial charge in [0.25, 0.3) is 0 Å². The first-order valence-electron chi connectivity index (χ1n) is 13.3. The summed E-state index contributed by atoms with van der Waals surface area (Å²) in [6, 6.07) is 7.32. The van der Waals surface area contributed by atoms with Gasteiger partial charge in [-0.2, -0.15) is 0 Å². The molecule has 2 nitrogen and oxygen atoms in total. The van der Waals surface area contributed by atoms with Gasteiger partial charge < -0.3 is 9.47 Å². The molecule has 2 saturated carbocycles. The zero-order valence-electron chi connectivity index (χ0n) is 20.7. The minimum absolute atomic E-state index is 0.755. The van der Waals surface area contributed by atoms with Crippen molar-refractivity contribution >= 4 is 0 Å². The first-order valence-corrected chi connectivity index (χ1v) is 13.3. The molecule has 0 saturated heterocycles.